The van der Waals surface area contributed by atoms with Gasteiger partial charge >= 0.3 is 0 Å². The van der Waals surface area contributed by atoms with E-state index in [1.807, 2.05) is 24.3 Å². The number of hydrogen-bond acceptors (Lipinski definition) is 6. The maximum atomic E-state index is 11.7. The lowest BCUT2D eigenvalue weighted by molar-refractivity contribution is 0.0706. The Labute approximate surface area is 168 Å². The van der Waals surface area contributed by atoms with Crippen molar-refractivity contribution in [2.45, 2.75) is 25.7 Å². The second kappa shape index (κ2) is 8.36. The van der Waals surface area contributed by atoms with E-state index in [0.29, 0.717) is 17.2 Å². The number of aromatic nitrogens is 3. The van der Waals surface area contributed by atoms with Crippen LogP contribution in [-0.2, 0) is 19.3 Å². The molecule has 1 aliphatic rings. The predicted octanol–water partition coefficient (Wildman–Crippen LogP) is 3.01. The first kappa shape index (κ1) is 19.0. The lowest BCUT2D eigenvalue weighted by Crippen LogP contribution is -2.21. The van der Waals surface area contributed by atoms with Crippen molar-refractivity contribution < 1.29 is 14.7 Å². The fraction of sp³-hybridized carbons (Fsp3) is 0.273. The minimum absolute atomic E-state index is 0.397. The molecule has 3 aromatic rings. The molecular weight excluding hydrogens is 368 g/mol. The van der Waals surface area contributed by atoms with Gasteiger partial charge in [0.15, 0.2) is 0 Å². The zero-order chi connectivity index (χ0) is 20.2. The zero-order valence-corrected chi connectivity index (χ0v) is 16.1. The quantitative estimate of drug-likeness (QED) is 0.513. The molecule has 1 unspecified atom stereocenters. The predicted molar refractivity (Wildman–Crippen MR) is 107 cm³/mol. The van der Waals surface area contributed by atoms with Gasteiger partial charge in [0.05, 0.1) is 19.0 Å². The van der Waals surface area contributed by atoms with E-state index in [4.69, 9.17) is 14.9 Å². The summed E-state index contributed by atoms with van der Waals surface area (Å²) in [7, 11) is 1.61. The summed E-state index contributed by atoms with van der Waals surface area (Å²) in [4.78, 5) is 25.1. The van der Waals surface area contributed by atoms with Gasteiger partial charge in [0.2, 0.25) is 0 Å². The van der Waals surface area contributed by atoms with E-state index in [-0.39, 0.29) is 0 Å². The second-order valence-corrected chi connectivity index (χ2v) is 7.21. The maximum absolute atomic E-state index is 11.7. The van der Waals surface area contributed by atoms with Gasteiger partial charge in [-0.25, -0.2) is 15.4 Å². The summed E-state index contributed by atoms with van der Waals surface area (Å²) < 4.78 is 5.25. The Morgan fingerprint density at radius 3 is 2.97 bits per heavy atom. The van der Waals surface area contributed by atoms with Crippen LogP contribution < -0.4 is 10.2 Å². The fourth-order valence-corrected chi connectivity index (χ4v) is 3.80. The van der Waals surface area contributed by atoms with E-state index in [2.05, 4.69) is 9.97 Å². The van der Waals surface area contributed by atoms with Gasteiger partial charge in [-0.2, -0.15) is 0 Å². The highest BCUT2D eigenvalue weighted by atomic mass is 16.5. The molecule has 1 amide bonds. The third kappa shape index (κ3) is 4.25. The van der Waals surface area contributed by atoms with Crippen molar-refractivity contribution in [1.82, 2.24) is 20.4 Å². The summed E-state index contributed by atoms with van der Waals surface area (Å²) >= 11 is 0. The normalized spacial score (nSPS) is 15.4. The molecule has 1 aliphatic carbocycles. The van der Waals surface area contributed by atoms with Gasteiger partial charge in [0.1, 0.15) is 11.6 Å². The van der Waals surface area contributed by atoms with Crippen molar-refractivity contribution in [2.24, 2.45) is 5.92 Å². The van der Waals surface area contributed by atoms with E-state index >= 15 is 0 Å². The summed E-state index contributed by atoms with van der Waals surface area (Å²) in [5.41, 5.74) is 6.28. The van der Waals surface area contributed by atoms with E-state index in [1.165, 1.54) is 5.56 Å². The number of carbonyl (C=O) groups is 1. The van der Waals surface area contributed by atoms with E-state index < -0.39 is 5.91 Å². The lowest BCUT2D eigenvalue weighted by Gasteiger charge is -2.24. The highest BCUT2D eigenvalue weighted by Gasteiger charge is 2.21. The number of nitrogens with zero attached hydrogens (tertiary/aromatic N) is 3. The number of methoxy groups -OCH3 is 1. The first-order chi connectivity index (χ1) is 14.2. The molecule has 148 valence electrons. The first-order valence-corrected chi connectivity index (χ1v) is 9.54. The minimum atomic E-state index is -0.488. The number of benzene rings is 1. The number of nitrogens with one attached hydrogen (secondary N) is 1. The standard InChI is InChI=1S/C22H22N4O3/c1-29-19-11-18(12-23-13-19)20-6-7-24-21(25-20)9-14-2-3-15-4-5-16(22(27)26-28)10-17(15)8-14/h4-7,10-14,28H,2-3,8-9H2,1H3,(H,26,27). The molecule has 7 nitrogen and oxygen atoms in total. The van der Waals surface area contributed by atoms with Crippen LogP contribution in [0.4, 0.5) is 0 Å². The molecule has 2 N–H and O–H groups in total. The molecule has 0 spiro atoms. The minimum Gasteiger partial charge on any atom is -0.495 e. The topological polar surface area (TPSA) is 97.2 Å². The molecule has 0 radical (unpaired) electrons. The summed E-state index contributed by atoms with van der Waals surface area (Å²) in [6.07, 6.45) is 8.83. The Hall–Kier alpha value is -3.32. The van der Waals surface area contributed by atoms with Gasteiger partial charge in [-0.05, 0) is 60.6 Å². The largest absolute Gasteiger partial charge is 0.495 e. The Morgan fingerprint density at radius 2 is 2.14 bits per heavy atom. The third-order valence-corrected chi connectivity index (χ3v) is 5.32. The SMILES string of the molecule is COc1cncc(-c2ccnc(CC3CCc4ccc(C(=O)NO)cc4C3)n2)c1. The van der Waals surface area contributed by atoms with Crippen molar-refractivity contribution in [1.29, 1.82) is 0 Å². The van der Waals surface area contributed by atoms with Crippen LogP contribution in [0, 0.1) is 5.92 Å². The average Bonchev–Trinajstić information content (AvgIpc) is 2.78. The molecule has 0 saturated carbocycles. The molecule has 2 aromatic heterocycles. The molecule has 1 atom stereocenters. The van der Waals surface area contributed by atoms with Crippen LogP contribution in [0.1, 0.15) is 33.7 Å². The number of hydroxylamine groups is 1. The van der Waals surface area contributed by atoms with Crippen molar-refractivity contribution in [3.63, 3.8) is 0 Å². The van der Waals surface area contributed by atoms with Gasteiger partial charge in [0, 0.05) is 29.9 Å². The van der Waals surface area contributed by atoms with E-state index in [9.17, 15) is 4.79 Å². The number of hydrogen-bond donors (Lipinski definition) is 2. The molecule has 0 aliphatic heterocycles. The number of amides is 1. The summed E-state index contributed by atoms with van der Waals surface area (Å²) in [5.74, 6) is 1.39. The Morgan fingerprint density at radius 1 is 1.24 bits per heavy atom. The monoisotopic (exact) mass is 390 g/mol. The molecule has 2 heterocycles. The fourth-order valence-electron chi connectivity index (χ4n) is 3.80. The lowest BCUT2D eigenvalue weighted by atomic mass is 9.81. The molecule has 1 aromatic carbocycles. The van der Waals surface area contributed by atoms with Gasteiger partial charge in [0.25, 0.3) is 5.91 Å². The van der Waals surface area contributed by atoms with Crippen LogP contribution in [0.5, 0.6) is 5.75 Å². The Bertz CT molecular complexity index is 1040. The maximum Gasteiger partial charge on any atom is 0.274 e. The van der Waals surface area contributed by atoms with Gasteiger partial charge < -0.3 is 4.74 Å². The molecule has 7 heteroatoms. The van der Waals surface area contributed by atoms with Crippen LogP contribution in [0.15, 0.2) is 48.9 Å². The van der Waals surface area contributed by atoms with E-state index in [1.54, 1.807) is 37.2 Å². The number of pyridine rings is 1. The zero-order valence-electron chi connectivity index (χ0n) is 16.1. The van der Waals surface area contributed by atoms with Crippen molar-refractivity contribution in [3.8, 4) is 17.0 Å². The highest BCUT2D eigenvalue weighted by Crippen LogP contribution is 2.29. The number of aryl methyl sites for hydroxylation is 1. The van der Waals surface area contributed by atoms with Gasteiger partial charge in [-0.1, -0.05) is 6.07 Å². The number of ether oxygens (including phenoxy) is 1. The van der Waals surface area contributed by atoms with Gasteiger partial charge in [-0.3, -0.25) is 15.0 Å². The second-order valence-electron chi connectivity index (χ2n) is 7.21. The molecule has 0 fully saturated rings. The number of carbonyl (C=O) groups excluding carboxylic acids is 1. The molecule has 29 heavy (non-hydrogen) atoms. The van der Waals surface area contributed by atoms with Crippen LogP contribution >= 0.6 is 0 Å². The third-order valence-electron chi connectivity index (χ3n) is 5.32. The molecule has 0 bridgehead atoms. The average molecular weight is 390 g/mol. The van der Waals surface area contributed by atoms with Crippen molar-refractivity contribution >= 4 is 5.91 Å². The number of fused-ring (bicyclic) bond motifs is 1. The number of rotatable bonds is 5. The van der Waals surface area contributed by atoms with Gasteiger partial charge in [-0.15, -0.1) is 0 Å². The first-order valence-electron chi connectivity index (χ1n) is 9.54. The van der Waals surface area contributed by atoms with Crippen LogP contribution in [0.2, 0.25) is 0 Å². The smallest absolute Gasteiger partial charge is 0.274 e. The summed E-state index contributed by atoms with van der Waals surface area (Å²) in [6.45, 7) is 0. The van der Waals surface area contributed by atoms with Crippen LogP contribution in [0.25, 0.3) is 11.3 Å². The van der Waals surface area contributed by atoms with Crippen LogP contribution in [0.3, 0.4) is 0 Å². The van der Waals surface area contributed by atoms with Crippen molar-refractivity contribution in [3.05, 3.63) is 71.4 Å². The summed E-state index contributed by atoms with van der Waals surface area (Å²) in [5, 5.41) is 8.86. The molecule has 4 rings (SSSR count). The summed E-state index contributed by atoms with van der Waals surface area (Å²) in [6, 6.07) is 9.37. The molecular formula is C22H22N4O3. The Kier molecular flexibility index (Phi) is 5.48. The molecule has 0 saturated heterocycles. The van der Waals surface area contributed by atoms with Crippen LogP contribution in [-0.4, -0.2) is 33.2 Å². The van der Waals surface area contributed by atoms with Crippen molar-refractivity contribution in [2.75, 3.05) is 7.11 Å². The van der Waals surface area contributed by atoms with E-state index in [0.717, 1.165) is 48.3 Å². The highest BCUT2D eigenvalue weighted by molar-refractivity contribution is 5.93. The Balaban J connectivity index is 1.51.